The average molecular weight is 328 g/mol. The molecule has 1 fully saturated rings. The van der Waals surface area contributed by atoms with Crippen molar-refractivity contribution in [1.29, 1.82) is 0 Å². The Labute approximate surface area is 139 Å². The first-order chi connectivity index (χ1) is 10.1. The van der Waals surface area contributed by atoms with E-state index in [1.807, 2.05) is 39.5 Å². The average Bonchev–Trinajstić information content (AvgIpc) is 2.44. The first-order valence-electron chi connectivity index (χ1n) is 7.92. The number of thiocarbonyl (C=S) groups is 1. The van der Waals surface area contributed by atoms with Gasteiger partial charge in [-0.05, 0) is 27.2 Å². The van der Waals surface area contributed by atoms with Crippen molar-refractivity contribution in [2.75, 3.05) is 26.2 Å². The Balaban J connectivity index is 2.43. The molecule has 0 aliphatic carbocycles. The molecule has 1 heterocycles. The highest BCUT2D eigenvalue weighted by atomic mass is 32.1. The number of piperazine rings is 1. The number of nitrogens with zero attached hydrogens (tertiary/aromatic N) is 2. The van der Waals surface area contributed by atoms with Crippen LogP contribution in [-0.4, -0.2) is 58.4 Å². The highest BCUT2D eigenvalue weighted by Gasteiger charge is 2.27. The lowest BCUT2D eigenvalue weighted by atomic mass is 10.0. The van der Waals surface area contributed by atoms with Gasteiger partial charge in [0, 0.05) is 32.1 Å². The summed E-state index contributed by atoms with van der Waals surface area (Å²) in [5.41, 5.74) is -0.480. The van der Waals surface area contributed by atoms with Crippen molar-refractivity contribution >= 4 is 29.1 Å². The van der Waals surface area contributed by atoms with Gasteiger partial charge in [-0.1, -0.05) is 26.1 Å². The predicted octanol–water partition coefficient (Wildman–Crippen LogP) is 2.87. The van der Waals surface area contributed by atoms with Crippen LogP contribution in [0.4, 0.5) is 4.79 Å². The minimum atomic E-state index is -0.480. The molecule has 1 rings (SSSR count). The molecule has 1 saturated heterocycles. The van der Waals surface area contributed by atoms with E-state index in [1.165, 1.54) is 0 Å². The molecule has 22 heavy (non-hydrogen) atoms. The Morgan fingerprint density at radius 1 is 1.14 bits per heavy atom. The van der Waals surface area contributed by atoms with Crippen molar-refractivity contribution in [3.8, 4) is 0 Å². The van der Waals surface area contributed by atoms with E-state index >= 15 is 0 Å². The summed E-state index contributed by atoms with van der Waals surface area (Å²) in [6, 6.07) is 0. The zero-order valence-corrected chi connectivity index (χ0v) is 15.2. The smallest absolute Gasteiger partial charge is 0.410 e. The van der Waals surface area contributed by atoms with Crippen LogP contribution in [0.25, 0.3) is 0 Å². The molecule has 5 nitrogen and oxygen atoms in total. The summed E-state index contributed by atoms with van der Waals surface area (Å²) in [6.45, 7) is 12.0. The lowest BCUT2D eigenvalue weighted by Gasteiger charge is -2.36. The number of ketones is 1. The second kappa shape index (κ2) is 7.90. The normalized spacial score (nSPS) is 17.1. The topological polar surface area (TPSA) is 49.9 Å². The largest absolute Gasteiger partial charge is 0.444 e. The molecule has 6 heteroatoms. The van der Waals surface area contributed by atoms with Gasteiger partial charge in [0.1, 0.15) is 11.4 Å². The first kappa shape index (κ1) is 18.9. The number of ether oxygens (including phenoxy) is 1. The summed E-state index contributed by atoms with van der Waals surface area (Å²) in [5.74, 6) is 0.253. The molecule has 1 aliphatic heterocycles. The summed E-state index contributed by atoms with van der Waals surface area (Å²) in [6.07, 6.45) is 0.888. The van der Waals surface area contributed by atoms with Crippen molar-refractivity contribution in [1.82, 2.24) is 9.80 Å². The Morgan fingerprint density at radius 3 is 2.09 bits per heavy atom. The molecule has 0 N–H and O–H groups in total. The monoisotopic (exact) mass is 328 g/mol. The van der Waals surface area contributed by atoms with Gasteiger partial charge in [0.25, 0.3) is 0 Å². The van der Waals surface area contributed by atoms with Gasteiger partial charge >= 0.3 is 6.09 Å². The first-order valence-corrected chi connectivity index (χ1v) is 8.33. The number of Topliss-reactive ketones (excluding diaryl/α,β-unsaturated/α-hetero) is 1. The van der Waals surface area contributed by atoms with E-state index in [4.69, 9.17) is 17.0 Å². The van der Waals surface area contributed by atoms with Gasteiger partial charge in [0.15, 0.2) is 0 Å². The molecule has 0 bridgehead atoms. The quantitative estimate of drug-likeness (QED) is 0.743. The van der Waals surface area contributed by atoms with Crippen molar-refractivity contribution < 1.29 is 14.3 Å². The van der Waals surface area contributed by atoms with Crippen LogP contribution in [-0.2, 0) is 9.53 Å². The number of carbonyl (C=O) groups is 2. The maximum absolute atomic E-state index is 12.0. The van der Waals surface area contributed by atoms with E-state index in [2.05, 4.69) is 0 Å². The Hall–Kier alpha value is -1.17. The summed E-state index contributed by atoms with van der Waals surface area (Å²) in [7, 11) is 0. The van der Waals surface area contributed by atoms with Crippen LogP contribution < -0.4 is 0 Å². The van der Waals surface area contributed by atoms with E-state index in [1.54, 1.807) is 4.90 Å². The summed E-state index contributed by atoms with van der Waals surface area (Å²) in [4.78, 5) is 28.4. The van der Waals surface area contributed by atoms with Crippen LogP contribution in [0.15, 0.2) is 0 Å². The molecule has 0 radical (unpaired) electrons. The predicted molar refractivity (Wildman–Crippen MR) is 91.1 cm³/mol. The van der Waals surface area contributed by atoms with E-state index < -0.39 is 5.60 Å². The van der Waals surface area contributed by atoms with Crippen LogP contribution in [0.3, 0.4) is 0 Å². The molecule has 1 unspecified atom stereocenters. The Morgan fingerprint density at radius 2 is 1.64 bits per heavy atom. The molecule has 0 aromatic carbocycles. The molecular weight excluding hydrogens is 300 g/mol. The van der Waals surface area contributed by atoms with E-state index in [9.17, 15) is 9.59 Å². The van der Waals surface area contributed by atoms with Crippen LogP contribution in [0, 0.1) is 5.92 Å². The van der Waals surface area contributed by atoms with Gasteiger partial charge in [-0.3, -0.25) is 4.79 Å². The van der Waals surface area contributed by atoms with Crippen molar-refractivity contribution in [2.24, 2.45) is 5.92 Å². The SMILES string of the molecule is CCC(C)C(=O)CC(=S)N1CCN(C(=O)OC(C)(C)C)CC1. The van der Waals surface area contributed by atoms with Gasteiger partial charge in [-0.15, -0.1) is 0 Å². The number of rotatable bonds is 4. The van der Waals surface area contributed by atoms with Gasteiger partial charge in [0.05, 0.1) is 11.4 Å². The molecule has 126 valence electrons. The molecule has 1 aliphatic rings. The van der Waals surface area contributed by atoms with Crippen molar-refractivity contribution in [3.63, 3.8) is 0 Å². The maximum Gasteiger partial charge on any atom is 0.410 e. The third-order valence-corrected chi connectivity index (χ3v) is 4.17. The summed E-state index contributed by atoms with van der Waals surface area (Å²) < 4.78 is 5.36. The van der Waals surface area contributed by atoms with Crippen LogP contribution in [0.1, 0.15) is 47.5 Å². The molecule has 1 amide bonds. The second-order valence-electron chi connectivity index (χ2n) is 6.80. The lowest BCUT2D eigenvalue weighted by molar-refractivity contribution is -0.121. The second-order valence-corrected chi connectivity index (χ2v) is 7.27. The third-order valence-electron chi connectivity index (χ3n) is 3.77. The molecule has 0 saturated carbocycles. The summed E-state index contributed by atoms with van der Waals surface area (Å²) >= 11 is 5.38. The van der Waals surface area contributed by atoms with Gasteiger partial charge in [-0.25, -0.2) is 4.79 Å². The van der Waals surface area contributed by atoms with Crippen LogP contribution in [0.2, 0.25) is 0 Å². The van der Waals surface area contributed by atoms with Gasteiger partial charge in [0.2, 0.25) is 0 Å². The molecule has 0 spiro atoms. The number of carbonyl (C=O) groups excluding carboxylic acids is 2. The highest BCUT2D eigenvalue weighted by molar-refractivity contribution is 7.80. The molecule has 0 aromatic rings. The summed E-state index contributed by atoms with van der Waals surface area (Å²) in [5, 5.41) is 0. The Kier molecular flexibility index (Phi) is 6.78. The van der Waals surface area contributed by atoms with E-state index in [0.717, 1.165) is 6.42 Å². The standard InChI is InChI=1S/C16H28N2O3S/c1-6-12(2)13(19)11-14(22)17-7-9-18(10-8-17)15(20)21-16(3,4)5/h12H,6-11H2,1-5H3. The van der Waals surface area contributed by atoms with Crippen LogP contribution >= 0.6 is 12.2 Å². The Bertz CT molecular complexity index is 424. The fraction of sp³-hybridized carbons (Fsp3) is 0.812. The molecule has 1 atom stereocenters. The molecule has 0 aromatic heterocycles. The van der Waals surface area contributed by atoms with Crippen molar-refractivity contribution in [2.45, 2.75) is 53.1 Å². The maximum atomic E-state index is 12.0. The molecular formula is C16H28N2O3S. The van der Waals surface area contributed by atoms with E-state index in [0.29, 0.717) is 37.6 Å². The van der Waals surface area contributed by atoms with E-state index in [-0.39, 0.29) is 17.8 Å². The fourth-order valence-electron chi connectivity index (χ4n) is 2.13. The fourth-order valence-corrected chi connectivity index (χ4v) is 2.45. The third kappa shape index (κ3) is 5.91. The highest BCUT2D eigenvalue weighted by Crippen LogP contribution is 2.14. The van der Waals surface area contributed by atoms with Gasteiger partial charge in [-0.2, -0.15) is 0 Å². The minimum Gasteiger partial charge on any atom is -0.444 e. The van der Waals surface area contributed by atoms with Crippen LogP contribution in [0.5, 0.6) is 0 Å². The number of amides is 1. The zero-order chi connectivity index (χ0) is 16.9. The number of hydrogen-bond acceptors (Lipinski definition) is 4. The minimum absolute atomic E-state index is 0.0565. The van der Waals surface area contributed by atoms with Crippen molar-refractivity contribution in [3.05, 3.63) is 0 Å². The van der Waals surface area contributed by atoms with Gasteiger partial charge < -0.3 is 14.5 Å². The number of hydrogen-bond donors (Lipinski definition) is 0. The lowest BCUT2D eigenvalue weighted by Crippen LogP contribution is -2.51. The zero-order valence-electron chi connectivity index (χ0n) is 14.3.